The van der Waals surface area contributed by atoms with E-state index < -0.39 is 6.10 Å². The largest absolute Gasteiger partial charge is 0.373 e. The van der Waals surface area contributed by atoms with Gasteiger partial charge in [0.25, 0.3) is 0 Å². The summed E-state index contributed by atoms with van der Waals surface area (Å²) in [5, 5.41) is 27.9. The third-order valence-electron chi connectivity index (χ3n) is 1.39. The van der Waals surface area contributed by atoms with Gasteiger partial charge in [-0.2, -0.15) is 10.5 Å². The second kappa shape index (κ2) is 4.42. The van der Waals surface area contributed by atoms with Crippen LogP contribution in [-0.2, 0) is 0 Å². The molecule has 1 aromatic heterocycles. The van der Waals surface area contributed by atoms with Crippen molar-refractivity contribution in [3.63, 3.8) is 0 Å². The van der Waals surface area contributed by atoms with Crippen molar-refractivity contribution in [3.05, 3.63) is 28.0 Å². The van der Waals surface area contributed by atoms with Gasteiger partial charge in [0.2, 0.25) is 0 Å². The molecule has 0 fully saturated rings. The average molecular weight is 190 g/mol. The highest BCUT2D eigenvalue weighted by atomic mass is 32.1. The summed E-state index contributed by atoms with van der Waals surface area (Å²) in [6, 6.07) is 7.03. The molecule has 0 saturated carbocycles. The number of aliphatic hydroxyl groups is 1. The lowest BCUT2D eigenvalue weighted by Gasteiger charge is -1.96. The number of hydrogen-bond acceptors (Lipinski definition) is 4. The summed E-state index contributed by atoms with van der Waals surface area (Å²) in [5.41, 5.74) is 0.0740. The summed E-state index contributed by atoms with van der Waals surface area (Å²) in [5.74, 6) is 0. The van der Waals surface area contributed by atoms with Crippen LogP contribution in [0, 0.1) is 22.7 Å². The van der Waals surface area contributed by atoms with Crippen LogP contribution in [0.4, 0.5) is 0 Å². The molecule has 0 spiro atoms. The number of rotatable bonds is 2. The number of aliphatic hydroxyl groups excluding tert-OH is 1. The summed E-state index contributed by atoms with van der Waals surface area (Å²) in [7, 11) is 0. The zero-order valence-corrected chi connectivity index (χ0v) is 7.45. The van der Waals surface area contributed by atoms with E-state index in [1.54, 1.807) is 12.1 Å². The Balaban J connectivity index is 2.93. The fourth-order valence-electron chi connectivity index (χ4n) is 0.769. The van der Waals surface area contributed by atoms with E-state index >= 15 is 0 Å². The zero-order chi connectivity index (χ0) is 9.68. The SMILES string of the molecule is N#CC(=Cc1cccs1)C(O)C#N. The Morgan fingerprint density at radius 2 is 2.38 bits per heavy atom. The molecule has 0 aliphatic carbocycles. The molecule has 0 aliphatic rings. The van der Waals surface area contributed by atoms with Crippen molar-refractivity contribution in [1.29, 1.82) is 10.5 Å². The molecule has 0 saturated heterocycles. The fourth-order valence-corrected chi connectivity index (χ4v) is 1.43. The lowest BCUT2D eigenvalue weighted by molar-refractivity contribution is 0.271. The van der Waals surface area contributed by atoms with Gasteiger partial charge in [-0.3, -0.25) is 0 Å². The second-order valence-electron chi connectivity index (χ2n) is 2.26. The molecule has 1 atom stereocenters. The van der Waals surface area contributed by atoms with Crippen molar-refractivity contribution in [1.82, 2.24) is 0 Å². The molecule has 0 amide bonds. The maximum absolute atomic E-state index is 9.07. The summed E-state index contributed by atoms with van der Waals surface area (Å²) in [4.78, 5) is 0.853. The lowest BCUT2D eigenvalue weighted by Crippen LogP contribution is -2.04. The van der Waals surface area contributed by atoms with Crippen LogP contribution in [0.3, 0.4) is 0 Å². The first kappa shape index (κ1) is 9.47. The van der Waals surface area contributed by atoms with Gasteiger partial charge >= 0.3 is 0 Å². The van der Waals surface area contributed by atoms with E-state index in [0.29, 0.717) is 0 Å². The molecule has 3 nitrogen and oxygen atoms in total. The molecule has 4 heteroatoms. The number of nitrogens with zero attached hydrogens (tertiary/aromatic N) is 2. The van der Waals surface area contributed by atoms with Crippen molar-refractivity contribution in [2.24, 2.45) is 0 Å². The normalized spacial score (nSPS) is 13.0. The number of nitriles is 2. The molecule has 1 aromatic rings. The quantitative estimate of drug-likeness (QED) is 0.568. The third kappa shape index (κ3) is 2.41. The van der Waals surface area contributed by atoms with Gasteiger partial charge in [0.1, 0.15) is 0 Å². The molecule has 0 aliphatic heterocycles. The summed E-state index contributed by atoms with van der Waals surface area (Å²) in [6.07, 6.45) is 0.186. The predicted molar refractivity (Wildman–Crippen MR) is 49.5 cm³/mol. The molecule has 1 N–H and O–H groups in total. The van der Waals surface area contributed by atoms with Crippen molar-refractivity contribution in [2.75, 3.05) is 0 Å². The Kier molecular flexibility index (Phi) is 3.22. The van der Waals surface area contributed by atoms with E-state index in [1.165, 1.54) is 17.4 Å². The van der Waals surface area contributed by atoms with E-state index in [0.717, 1.165) is 4.88 Å². The van der Waals surface area contributed by atoms with E-state index in [2.05, 4.69) is 0 Å². The van der Waals surface area contributed by atoms with Crippen LogP contribution in [0.5, 0.6) is 0 Å². The minimum absolute atomic E-state index is 0.0740. The molecular formula is C9H6N2OS. The van der Waals surface area contributed by atoms with Crippen molar-refractivity contribution in [2.45, 2.75) is 6.10 Å². The van der Waals surface area contributed by atoms with E-state index in [1.807, 2.05) is 17.5 Å². The standard InChI is InChI=1S/C9H6N2OS/c10-5-7(9(12)6-11)4-8-2-1-3-13-8/h1-4,9,12H. The molecule has 1 rings (SSSR count). The van der Waals surface area contributed by atoms with Gasteiger partial charge in [-0.1, -0.05) is 6.07 Å². The Morgan fingerprint density at radius 1 is 1.62 bits per heavy atom. The van der Waals surface area contributed by atoms with Crippen LogP contribution >= 0.6 is 11.3 Å². The van der Waals surface area contributed by atoms with Gasteiger partial charge in [0.05, 0.1) is 17.7 Å². The molecule has 64 valence electrons. The first-order valence-corrected chi connectivity index (χ1v) is 4.38. The number of hydrogen-bond donors (Lipinski definition) is 1. The van der Waals surface area contributed by atoms with E-state index in [-0.39, 0.29) is 5.57 Å². The summed E-state index contributed by atoms with van der Waals surface area (Å²) in [6.45, 7) is 0. The van der Waals surface area contributed by atoms with Crippen LogP contribution in [0.25, 0.3) is 6.08 Å². The number of thiophene rings is 1. The predicted octanol–water partition coefficient (Wildman–Crippen LogP) is 1.54. The highest BCUT2D eigenvalue weighted by Crippen LogP contribution is 2.14. The smallest absolute Gasteiger partial charge is 0.175 e. The van der Waals surface area contributed by atoms with Crippen molar-refractivity contribution in [3.8, 4) is 12.1 Å². The van der Waals surface area contributed by atoms with E-state index in [9.17, 15) is 0 Å². The molecule has 0 radical (unpaired) electrons. The molecular weight excluding hydrogens is 184 g/mol. The van der Waals surface area contributed by atoms with E-state index in [4.69, 9.17) is 15.6 Å². The minimum Gasteiger partial charge on any atom is -0.373 e. The minimum atomic E-state index is -1.33. The highest BCUT2D eigenvalue weighted by molar-refractivity contribution is 7.10. The summed E-state index contributed by atoms with van der Waals surface area (Å²) < 4.78 is 0. The van der Waals surface area contributed by atoms with Crippen LogP contribution in [0.2, 0.25) is 0 Å². The Labute approximate surface area is 79.8 Å². The first-order chi connectivity index (χ1) is 6.27. The molecule has 13 heavy (non-hydrogen) atoms. The van der Waals surface area contributed by atoms with Gasteiger partial charge in [0, 0.05) is 4.88 Å². The average Bonchev–Trinajstić information content (AvgIpc) is 2.65. The maximum atomic E-state index is 9.07. The van der Waals surface area contributed by atoms with Gasteiger partial charge in [0.15, 0.2) is 6.10 Å². The lowest BCUT2D eigenvalue weighted by atomic mass is 10.1. The van der Waals surface area contributed by atoms with Gasteiger partial charge in [-0.05, 0) is 17.5 Å². The Bertz CT molecular complexity index is 381. The van der Waals surface area contributed by atoms with Gasteiger partial charge < -0.3 is 5.11 Å². The van der Waals surface area contributed by atoms with Crippen LogP contribution < -0.4 is 0 Å². The molecule has 1 heterocycles. The Morgan fingerprint density at radius 3 is 2.85 bits per heavy atom. The van der Waals surface area contributed by atoms with Crippen LogP contribution in [0.1, 0.15) is 4.88 Å². The first-order valence-electron chi connectivity index (χ1n) is 3.51. The van der Waals surface area contributed by atoms with Gasteiger partial charge in [-0.15, -0.1) is 11.3 Å². The molecule has 0 aromatic carbocycles. The van der Waals surface area contributed by atoms with Crippen molar-refractivity contribution >= 4 is 17.4 Å². The second-order valence-corrected chi connectivity index (χ2v) is 3.24. The zero-order valence-electron chi connectivity index (χ0n) is 6.64. The van der Waals surface area contributed by atoms with Gasteiger partial charge in [-0.25, -0.2) is 0 Å². The maximum Gasteiger partial charge on any atom is 0.175 e. The molecule has 1 unspecified atom stereocenters. The van der Waals surface area contributed by atoms with Crippen LogP contribution in [-0.4, -0.2) is 11.2 Å². The molecule has 0 bridgehead atoms. The topological polar surface area (TPSA) is 67.8 Å². The Hall–Kier alpha value is -1.62. The monoisotopic (exact) mass is 190 g/mol. The highest BCUT2D eigenvalue weighted by Gasteiger charge is 2.08. The van der Waals surface area contributed by atoms with Crippen molar-refractivity contribution < 1.29 is 5.11 Å². The summed E-state index contributed by atoms with van der Waals surface area (Å²) >= 11 is 1.45. The van der Waals surface area contributed by atoms with Crippen LogP contribution in [0.15, 0.2) is 23.1 Å². The fraction of sp³-hybridized carbons (Fsp3) is 0.111. The third-order valence-corrected chi connectivity index (χ3v) is 2.21.